The van der Waals surface area contributed by atoms with Gasteiger partial charge < -0.3 is 10.7 Å². The molecule has 0 unspecified atom stereocenters. The first kappa shape index (κ1) is 9.93. The smallest absolute Gasteiger partial charge is 0.107 e. The molecule has 0 bridgehead atoms. The minimum Gasteiger partial charge on any atom is -0.342 e. The fourth-order valence-corrected chi connectivity index (χ4v) is 1.59. The molecule has 0 radical (unpaired) electrons. The SMILES string of the molecule is Cc1cccc(-c2cnc(CCN)[nH]2)c1. The molecule has 3 heteroatoms. The van der Waals surface area contributed by atoms with Gasteiger partial charge >= 0.3 is 0 Å². The van der Waals surface area contributed by atoms with Gasteiger partial charge in [-0.25, -0.2) is 4.98 Å². The van der Waals surface area contributed by atoms with Gasteiger partial charge in [-0.15, -0.1) is 0 Å². The fourth-order valence-electron chi connectivity index (χ4n) is 1.59. The summed E-state index contributed by atoms with van der Waals surface area (Å²) in [4.78, 5) is 7.54. The van der Waals surface area contributed by atoms with Gasteiger partial charge in [0.15, 0.2) is 0 Å². The molecule has 0 aliphatic carbocycles. The summed E-state index contributed by atoms with van der Waals surface area (Å²) in [6.45, 7) is 2.71. The zero-order valence-corrected chi connectivity index (χ0v) is 8.83. The zero-order valence-electron chi connectivity index (χ0n) is 8.83. The summed E-state index contributed by atoms with van der Waals surface area (Å²) in [5.41, 5.74) is 8.95. The Balaban J connectivity index is 2.29. The van der Waals surface area contributed by atoms with Crippen LogP contribution in [0.3, 0.4) is 0 Å². The maximum absolute atomic E-state index is 5.47. The van der Waals surface area contributed by atoms with Crippen LogP contribution in [0.2, 0.25) is 0 Å². The Morgan fingerprint density at radius 1 is 1.40 bits per heavy atom. The van der Waals surface area contributed by atoms with E-state index in [4.69, 9.17) is 5.73 Å². The molecular formula is C12H15N3. The van der Waals surface area contributed by atoms with Crippen LogP contribution in [0.4, 0.5) is 0 Å². The molecule has 1 heterocycles. The summed E-state index contributed by atoms with van der Waals surface area (Å²) in [5.74, 6) is 0.953. The number of nitrogens with zero attached hydrogens (tertiary/aromatic N) is 1. The van der Waals surface area contributed by atoms with E-state index < -0.39 is 0 Å². The number of nitrogens with two attached hydrogens (primary N) is 1. The molecule has 1 aromatic heterocycles. The average molecular weight is 201 g/mol. The molecule has 0 aliphatic rings. The predicted octanol–water partition coefficient (Wildman–Crippen LogP) is 1.89. The lowest BCUT2D eigenvalue weighted by atomic mass is 10.1. The number of hydrogen-bond donors (Lipinski definition) is 2. The molecule has 3 nitrogen and oxygen atoms in total. The highest BCUT2D eigenvalue weighted by atomic mass is 14.9. The van der Waals surface area contributed by atoms with Crippen LogP contribution in [-0.4, -0.2) is 16.5 Å². The van der Waals surface area contributed by atoms with E-state index in [-0.39, 0.29) is 0 Å². The largest absolute Gasteiger partial charge is 0.342 e. The van der Waals surface area contributed by atoms with Crippen molar-refractivity contribution in [1.82, 2.24) is 9.97 Å². The third kappa shape index (κ3) is 2.25. The van der Waals surface area contributed by atoms with Gasteiger partial charge in [0, 0.05) is 6.42 Å². The van der Waals surface area contributed by atoms with Crippen molar-refractivity contribution >= 4 is 0 Å². The van der Waals surface area contributed by atoms with Crippen LogP contribution in [0.15, 0.2) is 30.5 Å². The van der Waals surface area contributed by atoms with E-state index >= 15 is 0 Å². The van der Waals surface area contributed by atoms with Crippen LogP contribution < -0.4 is 5.73 Å². The van der Waals surface area contributed by atoms with Crippen LogP contribution in [0, 0.1) is 6.92 Å². The van der Waals surface area contributed by atoms with Gasteiger partial charge in [0.05, 0.1) is 11.9 Å². The van der Waals surface area contributed by atoms with Crippen LogP contribution in [0.5, 0.6) is 0 Å². The first-order valence-electron chi connectivity index (χ1n) is 5.10. The maximum atomic E-state index is 5.47. The summed E-state index contributed by atoms with van der Waals surface area (Å²) in [6.07, 6.45) is 2.66. The Kier molecular flexibility index (Phi) is 2.83. The van der Waals surface area contributed by atoms with Crippen molar-refractivity contribution in [1.29, 1.82) is 0 Å². The fraction of sp³-hybridized carbons (Fsp3) is 0.250. The van der Waals surface area contributed by atoms with Crippen molar-refractivity contribution in [3.05, 3.63) is 41.9 Å². The molecule has 0 saturated heterocycles. The van der Waals surface area contributed by atoms with Gasteiger partial charge in [0.25, 0.3) is 0 Å². The Bertz CT molecular complexity index is 446. The molecule has 0 fully saturated rings. The van der Waals surface area contributed by atoms with Gasteiger partial charge in [-0.1, -0.05) is 23.8 Å². The summed E-state index contributed by atoms with van der Waals surface area (Å²) < 4.78 is 0. The van der Waals surface area contributed by atoms with Gasteiger partial charge in [0.1, 0.15) is 5.82 Å². The number of imidazole rings is 1. The van der Waals surface area contributed by atoms with E-state index in [2.05, 4.69) is 35.1 Å². The Morgan fingerprint density at radius 3 is 3.00 bits per heavy atom. The number of hydrogen-bond acceptors (Lipinski definition) is 2. The number of rotatable bonds is 3. The highest BCUT2D eigenvalue weighted by Crippen LogP contribution is 2.17. The van der Waals surface area contributed by atoms with E-state index in [1.165, 1.54) is 11.1 Å². The third-order valence-corrected chi connectivity index (χ3v) is 2.34. The second kappa shape index (κ2) is 4.28. The Morgan fingerprint density at radius 2 is 2.27 bits per heavy atom. The van der Waals surface area contributed by atoms with Gasteiger partial charge in [-0.05, 0) is 25.1 Å². The molecule has 0 amide bonds. The Labute approximate surface area is 89.4 Å². The lowest BCUT2D eigenvalue weighted by Gasteiger charge is -1.98. The normalized spacial score (nSPS) is 10.5. The van der Waals surface area contributed by atoms with E-state index in [9.17, 15) is 0 Å². The van der Waals surface area contributed by atoms with Crippen LogP contribution in [0.25, 0.3) is 11.3 Å². The van der Waals surface area contributed by atoms with Crippen molar-refractivity contribution in [2.75, 3.05) is 6.54 Å². The molecule has 0 aliphatic heterocycles. The number of aromatic nitrogens is 2. The second-order valence-corrected chi connectivity index (χ2v) is 3.65. The standard InChI is InChI=1S/C12H15N3/c1-9-3-2-4-10(7-9)11-8-14-12(15-11)5-6-13/h2-4,7-8H,5-6,13H2,1H3,(H,14,15). The van der Waals surface area contributed by atoms with E-state index in [1.54, 1.807) is 0 Å². The zero-order chi connectivity index (χ0) is 10.7. The van der Waals surface area contributed by atoms with Crippen molar-refractivity contribution < 1.29 is 0 Å². The highest BCUT2D eigenvalue weighted by molar-refractivity contribution is 5.59. The number of aryl methyl sites for hydroxylation is 1. The summed E-state index contributed by atoms with van der Waals surface area (Å²) in [7, 11) is 0. The molecule has 2 rings (SSSR count). The van der Waals surface area contributed by atoms with Gasteiger partial charge in [0.2, 0.25) is 0 Å². The van der Waals surface area contributed by atoms with E-state index in [1.807, 2.05) is 12.3 Å². The topological polar surface area (TPSA) is 54.7 Å². The number of nitrogens with one attached hydrogen (secondary N) is 1. The molecule has 15 heavy (non-hydrogen) atoms. The van der Waals surface area contributed by atoms with Crippen molar-refractivity contribution in [2.45, 2.75) is 13.3 Å². The van der Waals surface area contributed by atoms with Crippen LogP contribution >= 0.6 is 0 Å². The molecule has 2 aromatic rings. The van der Waals surface area contributed by atoms with Gasteiger partial charge in [-0.3, -0.25) is 0 Å². The predicted molar refractivity (Wildman–Crippen MR) is 61.5 cm³/mol. The quantitative estimate of drug-likeness (QED) is 0.796. The number of aromatic amines is 1. The lowest BCUT2D eigenvalue weighted by molar-refractivity contribution is 0.895. The molecule has 1 aromatic carbocycles. The van der Waals surface area contributed by atoms with Crippen LogP contribution in [-0.2, 0) is 6.42 Å². The third-order valence-electron chi connectivity index (χ3n) is 2.34. The monoisotopic (exact) mass is 201 g/mol. The molecular weight excluding hydrogens is 186 g/mol. The Hall–Kier alpha value is -1.61. The molecule has 0 atom stereocenters. The molecule has 78 valence electrons. The average Bonchev–Trinajstić information content (AvgIpc) is 2.67. The maximum Gasteiger partial charge on any atom is 0.107 e. The molecule has 0 spiro atoms. The minimum atomic E-state index is 0.626. The van der Waals surface area contributed by atoms with Crippen molar-refractivity contribution in [3.63, 3.8) is 0 Å². The molecule has 0 saturated carbocycles. The number of benzene rings is 1. The van der Waals surface area contributed by atoms with Gasteiger partial charge in [-0.2, -0.15) is 0 Å². The first-order valence-corrected chi connectivity index (χ1v) is 5.10. The summed E-state index contributed by atoms with van der Waals surface area (Å²) in [5, 5.41) is 0. The highest BCUT2D eigenvalue weighted by Gasteiger charge is 2.02. The van der Waals surface area contributed by atoms with E-state index in [0.717, 1.165) is 17.9 Å². The molecule has 3 N–H and O–H groups in total. The number of H-pyrrole nitrogens is 1. The first-order chi connectivity index (χ1) is 7.29. The van der Waals surface area contributed by atoms with Crippen LogP contribution in [0.1, 0.15) is 11.4 Å². The minimum absolute atomic E-state index is 0.626. The van der Waals surface area contributed by atoms with Crippen molar-refractivity contribution in [2.24, 2.45) is 5.73 Å². The van der Waals surface area contributed by atoms with Crippen molar-refractivity contribution in [3.8, 4) is 11.3 Å². The van der Waals surface area contributed by atoms with E-state index in [0.29, 0.717) is 6.54 Å². The summed E-state index contributed by atoms with van der Waals surface area (Å²) in [6, 6.07) is 8.35. The lowest BCUT2D eigenvalue weighted by Crippen LogP contribution is -2.03. The summed E-state index contributed by atoms with van der Waals surface area (Å²) >= 11 is 0. The second-order valence-electron chi connectivity index (χ2n) is 3.65.